The third kappa shape index (κ3) is 2.52. The first-order valence-electron chi connectivity index (χ1n) is 5.05. The van der Waals surface area contributed by atoms with E-state index in [1.165, 1.54) is 0 Å². The highest BCUT2D eigenvalue weighted by Crippen LogP contribution is 2.19. The summed E-state index contributed by atoms with van der Waals surface area (Å²) in [6.45, 7) is 2.46. The SMILES string of the molecule is O=Cc1ccsc1CN1CCC(=O)CC1. The average Bonchev–Trinajstić information content (AvgIpc) is 2.69. The van der Waals surface area contributed by atoms with Gasteiger partial charge in [-0.25, -0.2) is 0 Å². The molecule has 0 spiro atoms. The molecule has 0 unspecified atom stereocenters. The Kier molecular flexibility index (Phi) is 3.28. The third-order valence-electron chi connectivity index (χ3n) is 2.69. The van der Waals surface area contributed by atoms with Crippen LogP contribution in [0.3, 0.4) is 0 Å². The number of hydrogen-bond donors (Lipinski definition) is 0. The third-order valence-corrected chi connectivity index (χ3v) is 3.61. The van der Waals surface area contributed by atoms with Gasteiger partial charge in [-0.05, 0) is 11.4 Å². The van der Waals surface area contributed by atoms with Gasteiger partial charge in [-0.1, -0.05) is 0 Å². The molecule has 4 heteroatoms. The van der Waals surface area contributed by atoms with E-state index in [0.717, 1.165) is 36.4 Å². The molecule has 0 amide bonds. The van der Waals surface area contributed by atoms with Gasteiger partial charge in [0.05, 0.1) is 0 Å². The lowest BCUT2D eigenvalue weighted by atomic mass is 10.1. The first kappa shape index (κ1) is 10.5. The Morgan fingerprint density at radius 3 is 2.80 bits per heavy atom. The van der Waals surface area contributed by atoms with E-state index < -0.39 is 0 Å². The summed E-state index contributed by atoms with van der Waals surface area (Å²) in [5.74, 6) is 0.355. The molecule has 15 heavy (non-hydrogen) atoms. The first-order chi connectivity index (χ1) is 7.29. The highest BCUT2D eigenvalue weighted by molar-refractivity contribution is 7.10. The van der Waals surface area contributed by atoms with Gasteiger partial charge in [-0.15, -0.1) is 11.3 Å². The molecule has 1 aliphatic heterocycles. The van der Waals surface area contributed by atoms with Crippen LogP contribution in [0.2, 0.25) is 0 Å². The summed E-state index contributed by atoms with van der Waals surface area (Å²) in [6, 6.07) is 1.85. The fraction of sp³-hybridized carbons (Fsp3) is 0.455. The molecule has 1 saturated heterocycles. The zero-order valence-corrected chi connectivity index (χ0v) is 9.26. The average molecular weight is 223 g/mol. The largest absolute Gasteiger partial charge is 0.300 e. The maximum absolute atomic E-state index is 11.1. The number of piperidine rings is 1. The van der Waals surface area contributed by atoms with E-state index in [1.54, 1.807) is 11.3 Å². The minimum atomic E-state index is 0.355. The lowest BCUT2D eigenvalue weighted by molar-refractivity contribution is -0.121. The Labute approximate surface area is 92.7 Å². The minimum absolute atomic E-state index is 0.355. The van der Waals surface area contributed by atoms with E-state index in [2.05, 4.69) is 4.90 Å². The van der Waals surface area contributed by atoms with Gasteiger partial charge in [0, 0.05) is 42.9 Å². The van der Waals surface area contributed by atoms with Crippen molar-refractivity contribution in [2.45, 2.75) is 19.4 Å². The molecule has 0 aromatic carbocycles. The smallest absolute Gasteiger partial charge is 0.151 e. The van der Waals surface area contributed by atoms with E-state index in [0.29, 0.717) is 18.6 Å². The maximum Gasteiger partial charge on any atom is 0.151 e. The molecule has 80 valence electrons. The number of carbonyl (C=O) groups excluding carboxylic acids is 2. The van der Waals surface area contributed by atoms with Crippen LogP contribution in [0.5, 0.6) is 0 Å². The Hall–Kier alpha value is -1.00. The highest BCUT2D eigenvalue weighted by atomic mass is 32.1. The molecule has 1 fully saturated rings. The number of likely N-dealkylation sites (tertiary alicyclic amines) is 1. The minimum Gasteiger partial charge on any atom is -0.300 e. The van der Waals surface area contributed by atoms with E-state index in [1.807, 2.05) is 11.4 Å². The van der Waals surface area contributed by atoms with Crippen LogP contribution in [-0.2, 0) is 11.3 Å². The fourth-order valence-electron chi connectivity index (χ4n) is 1.75. The Morgan fingerprint density at radius 1 is 1.40 bits per heavy atom. The second-order valence-electron chi connectivity index (χ2n) is 3.73. The molecular weight excluding hydrogens is 210 g/mol. The zero-order valence-electron chi connectivity index (χ0n) is 8.44. The monoisotopic (exact) mass is 223 g/mol. The number of nitrogens with zero attached hydrogens (tertiary/aromatic N) is 1. The van der Waals surface area contributed by atoms with Gasteiger partial charge in [0.2, 0.25) is 0 Å². The summed E-state index contributed by atoms with van der Waals surface area (Å²) >= 11 is 1.61. The number of Topliss-reactive ketones (excluding diaryl/α,β-unsaturated/α-hetero) is 1. The Morgan fingerprint density at radius 2 is 2.13 bits per heavy atom. The van der Waals surface area contributed by atoms with Crippen LogP contribution in [-0.4, -0.2) is 30.1 Å². The van der Waals surface area contributed by atoms with Crippen molar-refractivity contribution in [2.75, 3.05) is 13.1 Å². The van der Waals surface area contributed by atoms with Crippen molar-refractivity contribution in [1.29, 1.82) is 0 Å². The number of carbonyl (C=O) groups is 2. The predicted molar refractivity (Wildman–Crippen MR) is 59.2 cm³/mol. The maximum atomic E-state index is 11.1. The van der Waals surface area contributed by atoms with Crippen LogP contribution in [0.4, 0.5) is 0 Å². The quantitative estimate of drug-likeness (QED) is 0.732. The molecule has 1 aromatic heterocycles. The molecule has 0 saturated carbocycles. The summed E-state index contributed by atoms with van der Waals surface area (Å²) in [5, 5.41) is 1.94. The van der Waals surface area contributed by atoms with Crippen molar-refractivity contribution in [1.82, 2.24) is 4.90 Å². The summed E-state index contributed by atoms with van der Waals surface area (Å²) in [5.41, 5.74) is 0.789. The van der Waals surface area contributed by atoms with Crippen molar-refractivity contribution in [3.05, 3.63) is 21.9 Å². The van der Waals surface area contributed by atoms with E-state index in [9.17, 15) is 9.59 Å². The van der Waals surface area contributed by atoms with Gasteiger partial charge >= 0.3 is 0 Å². The molecule has 0 aliphatic carbocycles. The van der Waals surface area contributed by atoms with Crippen molar-refractivity contribution in [2.24, 2.45) is 0 Å². The summed E-state index contributed by atoms with van der Waals surface area (Å²) in [4.78, 5) is 25.1. The van der Waals surface area contributed by atoms with Crippen LogP contribution in [0.15, 0.2) is 11.4 Å². The van der Waals surface area contributed by atoms with Crippen LogP contribution < -0.4 is 0 Å². The number of ketones is 1. The number of aldehydes is 1. The molecule has 0 N–H and O–H groups in total. The molecular formula is C11H13NO2S. The van der Waals surface area contributed by atoms with Crippen LogP contribution in [0.25, 0.3) is 0 Å². The van der Waals surface area contributed by atoms with Crippen LogP contribution in [0, 0.1) is 0 Å². The van der Waals surface area contributed by atoms with Crippen molar-refractivity contribution in [3.8, 4) is 0 Å². The molecule has 2 heterocycles. The van der Waals surface area contributed by atoms with Gasteiger partial charge in [0.15, 0.2) is 6.29 Å². The molecule has 1 aliphatic rings. The van der Waals surface area contributed by atoms with Crippen molar-refractivity contribution in [3.63, 3.8) is 0 Å². The van der Waals surface area contributed by atoms with Crippen molar-refractivity contribution < 1.29 is 9.59 Å². The number of thiophene rings is 1. The molecule has 0 bridgehead atoms. The summed E-state index contributed by atoms with van der Waals surface area (Å²) in [6.07, 6.45) is 2.21. The molecule has 1 aromatic rings. The Bertz CT molecular complexity index is 362. The van der Waals surface area contributed by atoms with Gasteiger partial charge in [-0.3, -0.25) is 14.5 Å². The van der Waals surface area contributed by atoms with E-state index >= 15 is 0 Å². The second-order valence-corrected chi connectivity index (χ2v) is 4.73. The fourth-order valence-corrected chi connectivity index (χ4v) is 2.64. The molecule has 0 radical (unpaired) electrons. The second kappa shape index (κ2) is 4.68. The standard InChI is InChI=1S/C11H13NO2S/c13-8-9-3-6-15-11(9)7-12-4-1-10(14)2-5-12/h3,6,8H,1-2,4-5,7H2. The highest BCUT2D eigenvalue weighted by Gasteiger charge is 2.17. The Balaban J connectivity index is 1.97. The number of rotatable bonds is 3. The lowest BCUT2D eigenvalue weighted by Crippen LogP contribution is -2.33. The lowest BCUT2D eigenvalue weighted by Gasteiger charge is -2.25. The van der Waals surface area contributed by atoms with E-state index in [4.69, 9.17) is 0 Å². The summed E-state index contributed by atoms with van der Waals surface area (Å²) in [7, 11) is 0. The van der Waals surface area contributed by atoms with Crippen LogP contribution >= 0.6 is 11.3 Å². The molecule has 0 atom stereocenters. The summed E-state index contributed by atoms with van der Waals surface area (Å²) < 4.78 is 0. The van der Waals surface area contributed by atoms with E-state index in [-0.39, 0.29) is 0 Å². The van der Waals surface area contributed by atoms with Gasteiger partial charge in [0.25, 0.3) is 0 Å². The first-order valence-corrected chi connectivity index (χ1v) is 5.93. The topological polar surface area (TPSA) is 37.4 Å². The van der Waals surface area contributed by atoms with Crippen molar-refractivity contribution >= 4 is 23.4 Å². The number of hydrogen-bond acceptors (Lipinski definition) is 4. The van der Waals surface area contributed by atoms with Gasteiger partial charge in [-0.2, -0.15) is 0 Å². The molecule has 2 rings (SSSR count). The zero-order chi connectivity index (χ0) is 10.7. The van der Waals surface area contributed by atoms with Gasteiger partial charge in [0.1, 0.15) is 5.78 Å². The normalized spacial score (nSPS) is 18.0. The van der Waals surface area contributed by atoms with Gasteiger partial charge < -0.3 is 0 Å². The molecule has 3 nitrogen and oxygen atoms in total. The van der Waals surface area contributed by atoms with Crippen LogP contribution in [0.1, 0.15) is 28.1 Å². The predicted octanol–water partition coefficient (Wildman–Crippen LogP) is 1.73.